The van der Waals surface area contributed by atoms with Gasteiger partial charge in [-0.25, -0.2) is 0 Å². The molecule has 0 spiro atoms. The minimum atomic E-state index is 0.586. The zero-order valence-corrected chi connectivity index (χ0v) is 26.9. The van der Waals surface area contributed by atoms with Gasteiger partial charge in [-0.1, -0.05) is 26.7 Å². The Balaban J connectivity index is 1.49. The van der Waals surface area contributed by atoms with E-state index in [0.717, 1.165) is 42.0 Å². The molecule has 0 nitrogen and oxygen atoms in total. The van der Waals surface area contributed by atoms with Crippen LogP contribution in [0.3, 0.4) is 0 Å². The molecule has 1 aliphatic carbocycles. The van der Waals surface area contributed by atoms with Gasteiger partial charge in [0.2, 0.25) is 0 Å². The summed E-state index contributed by atoms with van der Waals surface area (Å²) < 4.78 is 1.57. The van der Waals surface area contributed by atoms with E-state index in [1.165, 1.54) is 62.9 Å². The summed E-state index contributed by atoms with van der Waals surface area (Å²) in [6.07, 6.45) is 15.6. The number of rotatable bonds is 12. The van der Waals surface area contributed by atoms with E-state index in [-0.39, 0.29) is 0 Å². The Labute approximate surface area is 235 Å². The van der Waals surface area contributed by atoms with Crippen LogP contribution in [0.2, 0.25) is 0 Å². The van der Waals surface area contributed by atoms with E-state index in [4.69, 9.17) is 25.3 Å². The third kappa shape index (κ3) is 7.90. The van der Waals surface area contributed by atoms with E-state index < -0.39 is 0 Å². The van der Waals surface area contributed by atoms with Gasteiger partial charge in [0.1, 0.15) is 0 Å². The molecule has 8 heteroatoms. The SMILES string of the molecule is CCCC(S)C1CSC(C(SC)C2CCC(C(SC)C3SCC(C(S)CCC)S3)CC2)S1. The molecule has 32 heavy (non-hydrogen) atoms. The highest BCUT2D eigenvalue weighted by Gasteiger charge is 2.42. The highest BCUT2D eigenvalue weighted by Crippen LogP contribution is 2.53. The van der Waals surface area contributed by atoms with Crippen LogP contribution in [-0.4, -0.2) is 64.7 Å². The van der Waals surface area contributed by atoms with Gasteiger partial charge >= 0.3 is 0 Å². The lowest BCUT2D eigenvalue weighted by molar-refractivity contribution is 0.272. The predicted molar refractivity (Wildman–Crippen MR) is 171 cm³/mol. The molecule has 0 aromatic rings. The van der Waals surface area contributed by atoms with Gasteiger partial charge in [-0.15, -0.1) is 47.0 Å². The molecule has 0 aromatic heterocycles. The van der Waals surface area contributed by atoms with Crippen LogP contribution >= 0.6 is 95.8 Å². The van der Waals surface area contributed by atoms with E-state index in [9.17, 15) is 0 Å². The molecule has 0 aromatic carbocycles. The molecule has 8 unspecified atom stereocenters. The molecule has 2 saturated heterocycles. The standard InChI is InChI=1S/C24H44S8/c1-5-7-17(25)19-13-29-23(31-19)21(27-3)15-9-11-16(12-10-15)22(28-4)24-30-14-20(32-24)18(26)8-6-2/h15-26H,5-14H2,1-4H3. The largest absolute Gasteiger partial charge is 0.175 e. The second-order valence-electron chi connectivity index (χ2n) is 9.54. The Morgan fingerprint density at radius 1 is 0.719 bits per heavy atom. The van der Waals surface area contributed by atoms with Crippen molar-refractivity contribution in [3.8, 4) is 0 Å². The maximum atomic E-state index is 4.94. The molecule has 0 bridgehead atoms. The van der Waals surface area contributed by atoms with Gasteiger partial charge in [-0.3, -0.25) is 0 Å². The smallest absolute Gasteiger partial charge is 0.0627 e. The minimum Gasteiger partial charge on any atom is -0.175 e. The fraction of sp³-hybridized carbons (Fsp3) is 1.00. The van der Waals surface area contributed by atoms with Gasteiger partial charge in [-0.05, 0) is 62.9 Å². The number of thiol groups is 2. The van der Waals surface area contributed by atoms with Crippen LogP contribution in [0, 0.1) is 11.8 Å². The molecule has 0 radical (unpaired) electrons. The van der Waals surface area contributed by atoms with E-state index in [2.05, 4.69) is 96.9 Å². The number of hydrogen-bond donors (Lipinski definition) is 2. The van der Waals surface area contributed by atoms with Crippen LogP contribution < -0.4 is 0 Å². The van der Waals surface area contributed by atoms with Gasteiger partial charge < -0.3 is 0 Å². The van der Waals surface area contributed by atoms with E-state index in [0.29, 0.717) is 10.5 Å². The first-order valence-corrected chi connectivity index (χ1v) is 20.1. The normalized spacial score (nSPS) is 37.3. The topological polar surface area (TPSA) is 0 Å². The molecular weight excluding hydrogens is 545 g/mol. The average molecular weight is 589 g/mol. The quantitative estimate of drug-likeness (QED) is 0.217. The van der Waals surface area contributed by atoms with Crippen molar-refractivity contribution in [2.24, 2.45) is 11.8 Å². The lowest BCUT2D eigenvalue weighted by Gasteiger charge is -2.39. The molecular formula is C24H44S8. The molecule has 0 amide bonds. The summed E-state index contributed by atoms with van der Waals surface area (Å²) in [6.45, 7) is 4.59. The van der Waals surface area contributed by atoms with E-state index in [1.54, 1.807) is 0 Å². The Morgan fingerprint density at radius 2 is 1.09 bits per heavy atom. The molecule has 1 saturated carbocycles. The summed E-state index contributed by atoms with van der Waals surface area (Å²) in [5.74, 6) is 4.46. The predicted octanol–water partition coefficient (Wildman–Crippen LogP) is 8.80. The third-order valence-electron chi connectivity index (χ3n) is 7.32. The Bertz CT molecular complexity index is 480. The second kappa shape index (κ2) is 15.3. The molecule has 3 aliphatic rings. The Hall–Kier alpha value is 2.80. The van der Waals surface area contributed by atoms with Crippen molar-refractivity contribution in [3.05, 3.63) is 0 Å². The van der Waals surface area contributed by atoms with Crippen LogP contribution in [0.5, 0.6) is 0 Å². The summed E-state index contributed by atoms with van der Waals surface area (Å²) in [5.41, 5.74) is 0. The molecule has 8 atom stereocenters. The molecule has 3 fully saturated rings. The first-order valence-electron chi connectivity index (χ1n) is 12.5. The Kier molecular flexibility index (Phi) is 14.0. The van der Waals surface area contributed by atoms with Gasteiger partial charge in [0, 0.05) is 43.0 Å². The van der Waals surface area contributed by atoms with Gasteiger partial charge in [-0.2, -0.15) is 48.8 Å². The van der Waals surface area contributed by atoms with Crippen molar-refractivity contribution in [3.63, 3.8) is 0 Å². The van der Waals surface area contributed by atoms with Crippen molar-refractivity contribution in [2.45, 2.75) is 106 Å². The first kappa shape index (κ1) is 29.4. The van der Waals surface area contributed by atoms with Gasteiger partial charge in [0.25, 0.3) is 0 Å². The molecule has 188 valence electrons. The van der Waals surface area contributed by atoms with E-state index >= 15 is 0 Å². The van der Waals surface area contributed by atoms with Crippen LogP contribution in [0.4, 0.5) is 0 Å². The van der Waals surface area contributed by atoms with Gasteiger partial charge in [0.05, 0.1) is 9.16 Å². The van der Waals surface area contributed by atoms with Crippen LogP contribution in [0.15, 0.2) is 0 Å². The molecule has 2 aliphatic heterocycles. The molecule has 0 N–H and O–H groups in total. The minimum absolute atomic E-state index is 0.586. The summed E-state index contributed by atoms with van der Waals surface area (Å²) in [7, 11) is 0. The van der Waals surface area contributed by atoms with Crippen molar-refractivity contribution in [2.75, 3.05) is 24.0 Å². The highest BCUT2D eigenvalue weighted by molar-refractivity contribution is 8.22. The fourth-order valence-corrected chi connectivity index (χ4v) is 18.0. The maximum absolute atomic E-state index is 4.94. The van der Waals surface area contributed by atoms with Crippen molar-refractivity contribution < 1.29 is 0 Å². The summed E-state index contributed by atoms with van der Waals surface area (Å²) in [4.78, 5) is 0. The van der Waals surface area contributed by atoms with E-state index in [1.807, 2.05) is 0 Å². The molecule has 2 heterocycles. The summed E-state index contributed by atoms with van der Waals surface area (Å²) >= 11 is 23.2. The first-order chi connectivity index (χ1) is 15.5. The molecule has 3 rings (SSSR count). The zero-order valence-electron chi connectivity index (χ0n) is 20.2. The monoisotopic (exact) mass is 588 g/mol. The van der Waals surface area contributed by atoms with Gasteiger partial charge in [0.15, 0.2) is 0 Å². The lowest BCUT2D eigenvalue weighted by atomic mass is 9.79. The second-order valence-corrected chi connectivity index (χ2v) is 18.6. The zero-order chi connectivity index (χ0) is 23.1. The van der Waals surface area contributed by atoms with Crippen molar-refractivity contribution in [1.82, 2.24) is 0 Å². The van der Waals surface area contributed by atoms with Crippen LogP contribution in [0.25, 0.3) is 0 Å². The summed E-state index contributed by atoms with van der Waals surface area (Å²) in [6, 6.07) is 0. The van der Waals surface area contributed by atoms with Crippen LogP contribution in [-0.2, 0) is 0 Å². The number of thioether (sulfide) groups is 6. The maximum Gasteiger partial charge on any atom is 0.0627 e. The summed E-state index contributed by atoms with van der Waals surface area (Å²) in [5, 5.41) is 4.33. The number of hydrogen-bond acceptors (Lipinski definition) is 8. The van der Waals surface area contributed by atoms with Crippen molar-refractivity contribution >= 4 is 95.8 Å². The highest BCUT2D eigenvalue weighted by atomic mass is 32.2. The third-order valence-corrected chi connectivity index (χ3v) is 19.1. The average Bonchev–Trinajstić information content (AvgIpc) is 3.47. The Morgan fingerprint density at radius 3 is 1.41 bits per heavy atom. The van der Waals surface area contributed by atoms with Crippen LogP contribution in [0.1, 0.15) is 65.2 Å². The fourth-order valence-electron chi connectivity index (χ4n) is 5.45. The van der Waals surface area contributed by atoms with Crippen molar-refractivity contribution in [1.29, 1.82) is 0 Å². The lowest BCUT2D eigenvalue weighted by Crippen LogP contribution is -2.34.